The summed E-state index contributed by atoms with van der Waals surface area (Å²) >= 11 is 0. The Morgan fingerprint density at radius 3 is 2.69 bits per heavy atom. The Labute approximate surface area is 186 Å². The SMILES string of the molecule is N#Cc1c(N)n[nH]c1CCCCCNc1ccc(S(=O)(=O)N2CCCCC2)cc1[N+](=O)[O-]. The van der Waals surface area contributed by atoms with Gasteiger partial charge in [-0.1, -0.05) is 12.8 Å². The molecule has 1 fully saturated rings. The summed E-state index contributed by atoms with van der Waals surface area (Å²) < 4.78 is 27.0. The van der Waals surface area contributed by atoms with Gasteiger partial charge in [-0.2, -0.15) is 14.7 Å². The molecule has 0 saturated carbocycles. The number of nitrogens with two attached hydrogens (primary N) is 1. The van der Waals surface area contributed by atoms with Crippen LogP contribution in [0.25, 0.3) is 0 Å². The first-order valence-electron chi connectivity index (χ1n) is 10.6. The molecule has 1 saturated heterocycles. The average Bonchev–Trinajstić information content (AvgIpc) is 3.15. The van der Waals surface area contributed by atoms with Gasteiger partial charge in [0.05, 0.1) is 15.5 Å². The molecule has 0 bridgehead atoms. The molecule has 32 heavy (non-hydrogen) atoms. The number of anilines is 2. The summed E-state index contributed by atoms with van der Waals surface area (Å²) in [5.74, 6) is 0.197. The Morgan fingerprint density at radius 1 is 1.25 bits per heavy atom. The van der Waals surface area contributed by atoms with Crippen LogP contribution in [0.5, 0.6) is 0 Å². The Balaban J connectivity index is 1.56. The molecule has 0 spiro atoms. The molecule has 0 amide bonds. The fraction of sp³-hybridized carbons (Fsp3) is 0.500. The maximum Gasteiger partial charge on any atom is 0.293 e. The minimum atomic E-state index is -3.74. The van der Waals surface area contributed by atoms with Gasteiger partial charge in [0.2, 0.25) is 10.0 Å². The molecule has 1 aliphatic heterocycles. The molecule has 11 nitrogen and oxygen atoms in total. The van der Waals surface area contributed by atoms with E-state index in [0.29, 0.717) is 43.0 Å². The van der Waals surface area contributed by atoms with E-state index < -0.39 is 14.9 Å². The third-order valence-electron chi connectivity index (χ3n) is 5.52. The van der Waals surface area contributed by atoms with Gasteiger partial charge in [-0.3, -0.25) is 15.2 Å². The summed E-state index contributed by atoms with van der Waals surface area (Å²) in [4.78, 5) is 10.9. The van der Waals surface area contributed by atoms with Crippen molar-refractivity contribution in [1.82, 2.24) is 14.5 Å². The Hall–Kier alpha value is -3.17. The standard InChI is InChI=1S/C20H27N7O4S/c21-14-16-17(24-25-20(16)22)7-3-1-4-10-23-18-9-8-15(13-19(18)27(28)29)32(30,31)26-11-5-2-6-12-26/h8-9,13,23H,1-7,10-12H2,(H3,22,24,25). The van der Waals surface area contributed by atoms with E-state index in [1.54, 1.807) is 0 Å². The summed E-state index contributed by atoms with van der Waals surface area (Å²) in [5, 5.41) is 30.2. The molecule has 4 N–H and O–H groups in total. The number of piperidine rings is 1. The van der Waals surface area contributed by atoms with Gasteiger partial charge in [-0.15, -0.1) is 0 Å². The van der Waals surface area contributed by atoms with Crippen molar-refractivity contribution in [2.75, 3.05) is 30.7 Å². The van der Waals surface area contributed by atoms with Gasteiger partial charge < -0.3 is 11.1 Å². The van der Waals surface area contributed by atoms with Crippen LogP contribution in [0.2, 0.25) is 0 Å². The number of nitrogen functional groups attached to an aromatic ring is 1. The predicted molar refractivity (Wildman–Crippen MR) is 119 cm³/mol. The van der Waals surface area contributed by atoms with Crippen molar-refractivity contribution in [3.63, 3.8) is 0 Å². The lowest BCUT2D eigenvalue weighted by Gasteiger charge is -2.25. The van der Waals surface area contributed by atoms with Gasteiger partial charge in [0.15, 0.2) is 5.82 Å². The fourth-order valence-corrected chi connectivity index (χ4v) is 5.29. The zero-order valence-corrected chi connectivity index (χ0v) is 18.5. The van der Waals surface area contributed by atoms with Crippen LogP contribution >= 0.6 is 0 Å². The number of sulfonamides is 1. The lowest BCUT2D eigenvalue weighted by molar-refractivity contribution is -0.384. The minimum Gasteiger partial charge on any atom is -0.381 e. The third kappa shape index (κ3) is 5.35. The zero-order chi connectivity index (χ0) is 23.1. The topological polar surface area (TPSA) is 171 Å². The number of hydrogen-bond donors (Lipinski definition) is 3. The second-order valence-electron chi connectivity index (χ2n) is 7.71. The van der Waals surface area contributed by atoms with Crippen molar-refractivity contribution in [3.05, 3.63) is 39.6 Å². The number of benzene rings is 1. The fourth-order valence-electron chi connectivity index (χ4n) is 3.75. The van der Waals surface area contributed by atoms with E-state index >= 15 is 0 Å². The first-order valence-corrected chi connectivity index (χ1v) is 12.0. The highest BCUT2D eigenvalue weighted by Crippen LogP contribution is 2.30. The van der Waals surface area contributed by atoms with Crippen molar-refractivity contribution in [2.45, 2.75) is 49.8 Å². The zero-order valence-electron chi connectivity index (χ0n) is 17.7. The number of nitrogens with zero attached hydrogens (tertiary/aromatic N) is 4. The van der Waals surface area contributed by atoms with E-state index in [4.69, 9.17) is 11.0 Å². The normalized spacial score (nSPS) is 14.7. The molecule has 2 aromatic rings. The minimum absolute atomic E-state index is 0.0521. The first kappa shape index (κ1) is 23.5. The molecular weight excluding hydrogens is 434 g/mol. The van der Waals surface area contributed by atoms with Crippen LogP contribution < -0.4 is 11.1 Å². The van der Waals surface area contributed by atoms with E-state index in [-0.39, 0.29) is 16.4 Å². The summed E-state index contributed by atoms with van der Waals surface area (Å²) in [6.45, 7) is 1.38. The number of rotatable bonds is 10. The van der Waals surface area contributed by atoms with Gasteiger partial charge in [-0.05, 0) is 44.2 Å². The number of H-pyrrole nitrogens is 1. The van der Waals surface area contributed by atoms with E-state index in [2.05, 4.69) is 15.5 Å². The van der Waals surface area contributed by atoms with Crippen molar-refractivity contribution in [3.8, 4) is 6.07 Å². The lowest BCUT2D eigenvalue weighted by atomic mass is 10.1. The highest BCUT2D eigenvalue weighted by molar-refractivity contribution is 7.89. The van der Waals surface area contributed by atoms with E-state index in [1.165, 1.54) is 16.4 Å². The number of nitriles is 1. The number of hydrogen-bond acceptors (Lipinski definition) is 8. The molecular formula is C20H27N7O4S. The monoisotopic (exact) mass is 461 g/mol. The predicted octanol–water partition coefficient (Wildman–Crippen LogP) is 2.77. The number of nitro benzene ring substituents is 1. The van der Waals surface area contributed by atoms with Crippen LogP contribution in [-0.2, 0) is 16.4 Å². The number of nitrogens with one attached hydrogen (secondary N) is 2. The molecule has 1 aromatic carbocycles. The van der Waals surface area contributed by atoms with Crippen LogP contribution in [0.4, 0.5) is 17.2 Å². The van der Waals surface area contributed by atoms with Crippen molar-refractivity contribution < 1.29 is 13.3 Å². The van der Waals surface area contributed by atoms with Gasteiger partial charge >= 0.3 is 0 Å². The van der Waals surface area contributed by atoms with Gasteiger partial charge in [-0.25, -0.2) is 8.42 Å². The smallest absolute Gasteiger partial charge is 0.293 e. The Kier molecular flexibility index (Phi) is 7.66. The molecule has 1 aromatic heterocycles. The second-order valence-corrected chi connectivity index (χ2v) is 9.65. The van der Waals surface area contributed by atoms with Gasteiger partial charge in [0, 0.05) is 25.7 Å². The van der Waals surface area contributed by atoms with Crippen molar-refractivity contribution in [2.24, 2.45) is 0 Å². The molecule has 172 valence electrons. The number of unbranched alkanes of at least 4 members (excludes halogenated alkanes) is 2. The molecule has 12 heteroatoms. The van der Waals surface area contributed by atoms with Crippen LogP contribution in [-0.4, -0.2) is 47.5 Å². The van der Waals surface area contributed by atoms with Crippen molar-refractivity contribution in [1.29, 1.82) is 5.26 Å². The Bertz CT molecular complexity index is 1100. The summed E-state index contributed by atoms with van der Waals surface area (Å²) in [6.07, 6.45) is 5.59. The van der Waals surface area contributed by atoms with Crippen molar-refractivity contribution >= 4 is 27.2 Å². The molecule has 0 aliphatic carbocycles. The average molecular weight is 462 g/mol. The summed E-state index contributed by atoms with van der Waals surface area (Å²) in [5.41, 5.74) is 6.73. The van der Waals surface area contributed by atoms with Crippen LogP contribution in [0.1, 0.15) is 49.8 Å². The largest absolute Gasteiger partial charge is 0.381 e. The number of aromatic nitrogens is 2. The van der Waals surface area contributed by atoms with Crippen LogP contribution in [0, 0.1) is 21.4 Å². The molecule has 0 unspecified atom stereocenters. The second kappa shape index (κ2) is 10.4. The molecule has 1 aliphatic rings. The van der Waals surface area contributed by atoms with Crippen LogP contribution in [0.15, 0.2) is 23.1 Å². The lowest BCUT2D eigenvalue weighted by Crippen LogP contribution is -2.35. The maximum absolute atomic E-state index is 12.8. The maximum atomic E-state index is 12.8. The highest BCUT2D eigenvalue weighted by atomic mass is 32.2. The van der Waals surface area contributed by atoms with E-state index in [1.807, 2.05) is 6.07 Å². The number of nitro groups is 1. The van der Waals surface area contributed by atoms with E-state index in [9.17, 15) is 18.5 Å². The first-order chi connectivity index (χ1) is 15.3. The third-order valence-corrected chi connectivity index (χ3v) is 7.41. The molecule has 2 heterocycles. The molecule has 0 atom stereocenters. The molecule has 0 radical (unpaired) electrons. The van der Waals surface area contributed by atoms with Crippen LogP contribution in [0.3, 0.4) is 0 Å². The quantitative estimate of drug-likeness (QED) is 0.275. The Morgan fingerprint density at radius 2 is 2.00 bits per heavy atom. The van der Waals surface area contributed by atoms with Gasteiger partial charge in [0.1, 0.15) is 17.3 Å². The highest BCUT2D eigenvalue weighted by Gasteiger charge is 2.28. The van der Waals surface area contributed by atoms with Gasteiger partial charge in [0.25, 0.3) is 5.69 Å². The molecule has 3 rings (SSSR count). The summed E-state index contributed by atoms with van der Waals surface area (Å²) in [6, 6.07) is 6.05. The number of aryl methyl sites for hydroxylation is 1. The number of aromatic amines is 1. The summed E-state index contributed by atoms with van der Waals surface area (Å²) in [7, 11) is -3.74. The van der Waals surface area contributed by atoms with E-state index in [0.717, 1.165) is 44.6 Å².